The zero-order valence-electron chi connectivity index (χ0n) is 13.4. The molecule has 7 nitrogen and oxygen atoms in total. The van der Waals surface area contributed by atoms with Gasteiger partial charge in [0.05, 0.1) is 25.4 Å². The van der Waals surface area contributed by atoms with Crippen LogP contribution in [0.25, 0.3) is 0 Å². The van der Waals surface area contributed by atoms with E-state index in [-0.39, 0.29) is 0 Å². The molecule has 0 saturated carbocycles. The Morgan fingerprint density at radius 3 is 1.21 bits per heavy atom. The Morgan fingerprint density at radius 2 is 1.04 bits per heavy atom. The lowest BCUT2D eigenvalue weighted by Gasteiger charge is -2.51. The number of aliphatic hydroxyl groups excluding tert-OH is 1. The van der Waals surface area contributed by atoms with Gasteiger partial charge in [-0.25, -0.2) is 0 Å². The molecule has 0 bridgehead atoms. The fourth-order valence-corrected chi connectivity index (χ4v) is 5.63. The Balaban J connectivity index is 6.21. The maximum atomic E-state index is 11.1. The fraction of sp³-hybridized carbons (Fsp3) is 0.786. The highest BCUT2D eigenvalue weighted by Crippen LogP contribution is 2.50. The molecule has 24 heavy (non-hydrogen) atoms. The van der Waals surface area contributed by atoms with Crippen LogP contribution in [0.1, 0.15) is 33.1 Å². The van der Waals surface area contributed by atoms with Gasteiger partial charge < -0.3 is 20.4 Å². The lowest BCUT2D eigenvalue weighted by atomic mass is 9.64. The minimum Gasteiger partial charge on any atom is -0.481 e. The Kier molecular flexibility index (Phi) is 9.55. The summed E-state index contributed by atoms with van der Waals surface area (Å²) in [6.45, 7) is 3.05. The third kappa shape index (κ3) is 5.75. The second-order valence-electron chi connectivity index (χ2n) is 5.87. The summed E-state index contributed by atoms with van der Waals surface area (Å²) in [6, 6.07) is 0. The number of rotatable bonds is 11. The molecule has 0 aromatic rings. The van der Waals surface area contributed by atoms with E-state index in [1.54, 1.807) is 6.92 Å². The van der Waals surface area contributed by atoms with E-state index in [0.717, 1.165) is 0 Å². The smallest absolute Gasteiger partial charge is 0.304 e. The highest BCUT2D eigenvalue weighted by molar-refractivity contribution is 7.83. The normalized spacial score (nSPS) is 20.2. The van der Waals surface area contributed by atoms with Gasteiger partial charge in [0.25, 0.3) is 0 Å². The lowest BCUT2D eigenvalue weighted by molar-refractivity contribution is -0.138. The Morgan fingerprint density at radius 1 is 0.792 bits per heavy atom. The van der Waals surface area contributed by atoms with E-state index in [1.165, 1.54) is 6.92 Å². The Bertz CT molecular complexity index is 414. The van der Waals surface area contributed by atoms with Gasteiger partial charge in [-0.2, -0.15) is 37.9 Å². The molecule has 10 heteroatoms. The summed E-state index contributed by atoms with van der Waals surface area (Å²) in [5.41, 5.74) is -1.35. The van der Waals surface area contributed by atoms with Crippen molar-refractivity contribution in [1.82, 2.24) is 0 Å². The van der Waals surface area contributed by atoms with Gasteiger partial charge in [-0.05, 0) is 12.8 Å². The van der Waals surface area contributed by atoms with Crippen molar-refractivity contribution in [1.29, 1.82) is 0 Å². The van der Waals surface area contributed by atoms with Crippen LogP contribution in [-0.2, 0) is 14.4 Å². The Labute approximate surface area is 157 Å². The minimum absolute atomic E-state index is 0.451. The van der Waals surface area contributed by atoms with Crippen molar-refractivity contribution in [3.63, 3.8) is 0 Å². The largest absolute Gasteiger partial charge is 0.481 e. The number of carbonyl (C=O) groups is 3. The Hall–Kier alpha value is -0.580. The molecule has 0 amide bonds. The van der Waals surface area contributed by atoms with Gasteiger partial charge >= 0.3 is 17.9 Å². The molecule has 0 aliphatic rings. The maximum absolute atomic E-state index is 11.1. The van der Waals surface area contributed by atoms with Crippen molar-refractivity contribution in [3.8, 4) is 0 Å². The van der Waals surface area contributed by atoms with Crippen LogP contribution in [0.2, 0.25) is 0 Å². The first kappa shape index (κ1) is 23.4. The molecule has 5 unspecified atom stereocenters. The third-order valence-corrected chi connectivity index (χ3v) is 6.24. The molecule has 0 spiro atoms. The van der Waals surface area contributed by atoms with Crippen LogP contribution in [-0.4, -0.2) is 60.2 Å². The van der Waals surface area contributed by atoms with E-state index in [2.05, 4.69) is 37.9 Å². The average molecular weight is 401 g/mol. The van der Waals surface area contributed by atoms with E-state index in [4.69, 9.17) is 15.3 Å². The molecule has 0 heterocycles. The predicted octanol–water partition coefficient (Wildman–Crippen LogP) is 1.31. The molecule has 0 saturated heterocycles. The first-order valence-electron chi connectivity index (χ1n) is 7.24. The van der Waals surface area contributed by atoms with Crippen LogP contribution in [0.5, 0.6) is 0 Å². The van der Waals surface area contributed by atoms with E-state index in [9.17, 15) is 19.5 Å². The third-order valence-electron chi connectivity index (χ3n) is 4.35. The second-order valence-corrected chi connectivity index (χ2v) is 7.74. The molecule has 0 fully saturated rings. The monoisotopic (exact) mass is 400 g/mol. The summed E-state index contributed by atoms with van der Waals surface area (Å²) in [7, 11) is 0. The lowest BCUT2D eigenvalue weighted by Crippen LogP contribution is -2.56. The van der Waals surface area contributed by atoms with Gasteiger partial charge in [0.15, 0.2) is 0 Å². The minimum atomic E-state index is -1.35. The number of carboxylic acids is 3. The van der Waals surface area contributed by atoms with E-state index < -0.39 is 70.4 Å². The summed E-state index contributed by atoms with van der Waals surface area (Å²) in [5.74, 6) is -4.22. The van der Waals surface area contributed by atoms with Gasteiger partial charge in [0, 0.05) is 21.2 Å². The van der Waals surface area contributed by atoms with Gasteiger partial charge in [0.2, 0.25) is 0 Å². The van der Waals surface area contributed by atoms with Gasteiger partial charge in [0.1, 0.15) is 0 Å². The molecule has 5 atom stereocenters. The SMILES string of the molecule is CC(O)C(C)C(C(S)CC(=O)O)(C(S)CC(=O)O)C(S)CC(=O)O. The molecule has 0 aromatic carbocycles. The van der Waals surface area contributed by atoms with Crippen LogP contribution in [0.4, 0.5) is 0 Å². The van der Waals surface area contributed by atoms with Gasteiger partial charge in [-0.3, -0.25) is 14.4 Å². The summed E-state index contributed by atoms with van der Waals surface area (Å²) in [4.78, 5) is 33.4. The number of carboxylic acid groups (broad SMARTS) is 3. The zero-order valence-corrected chi connectivity index (χ0v) is 16.0. The number of aliphatic hydroxyl groups is 1. The van der Waals surface area contributed by atoms with Crippen molar-refractivity contribution in [2.24, 2.45) is 11.3 Å². The van der Waals surface area contributed by atoms with Gasteiger partial charge in [-0.15, -0.1) is 0 Å². The zero-order chi connectivity index (χ0) is 19.2. The van der Waals surface area contributed by atoms with Crippen LogP contribution in [0.15, 0.2) is 0 Å². The van der Waals surface area contributed by atoms with Crippen LogP contribution >= 0.6 is 37.9 Å². The molecule has 0 radical (unpaired) electrons. The van der Waals surface area contributed by atoms with Crippen molar-refractivity contribution in [3.05, 3.63) is 0 Å². The summed E-state index contributed by atoms with van der Waals surface area (Å²) >= 11 is 13.0. The molecular weight excluding hydrogens is 376 g/mol. The van der Waals surface area contributed by atoms with Crippen LogP contribution in [0.3, 0.4) is 0 Å². The first-order chi connectivity index (χ1) is 10.9. The van der Waals surface area contributed by atoms with Crippen LogP contribution < -0.4 is 0 Å². The average Bonchev–Trinajstić information content (AvgIpc) is 2.36. The highest BCUT2D eigenvalue weighted by Gasteiger charge is 2.53. The van der Waals surface area contributed by atoms with E-state index >= 15 is 0 Å². The standard InChI is InChI=1S/C14H24O7S3/c1-6(7(2)15)14(8(22)3-11(16)17,9(23)4-12(18)19)10(24)5-13(20)21/h6-10,15,22-24H,3-5H2,1-2H3,(H,16,17)(H,18,19)(H,20,21). The summed E-state index contributed by atoms with van der Waals surface area (Å²) < 4.78 is 0. The van der Waals surface area contributed by atoms with Crippen molar-refractivity contribution in [2.45, 2.75) is 55.0 Å². The molecule has 0 aliphatic heterocycles. The molecule has 0 aliphatic carbocycles. The molecular formula is C14H24O7S3. The van der Waals surface area contributed by atoms with Crippen molar-refractivity contribution < 1.29 is 34.8 Å². The van der Waals surface area contributed by atoms with Crippen molar-refractivity contribution >= 4 is 55.8 Å². The maximum Gasteiger partial charge on any atom is 0.304 e. The molecule has 0 rings (SSSR count). The van der Waals surface area contributed by atoms with Crippen molar-refractivity contribution in [2.75, 3.05) is 0 Å². The number of aliphatic carboxylic acids is 3. The topological polar surface area (TPSA) is 132 Å². The quantitative estimate of drug-likeness (QED) is 0.260. The molecule has 140 valence electrons. The summed E-state index contributed by atoms with van der Waals surface area (Å²) in [5, 5.41) is 34.5. The van der Waals surface area contributed by atoms with Crippen LogP contribution in [0, 0.1) is 11.3 Å². The van der Waals surface area contributed by atoms with E-state index in [1.807, 2.05) is 0 Å². The van der Waals surface area contributed by atoms with Gasteiger partial charge in [-0.1, -0.05) is 6.92 Å². The number of hydrogen-bond acceptors (Lipinski definition) is 7. The molecule has 0 aromatic heterocycles. The predicted molar refractivity (Wildman–Crippen MR) is 98.4 cm³/mol. The second kappa shape index (κ2) is 9.79. The fourth-order valence-electron chi connectivity index (χ4n) is 3.02. The molecule has 4 N–H and O–H groups in total. The highest BCUT2D eigenvalue weighted by atomic mass is 32.1. The first-order valence-corrected chi connectivity index (χ1v) is 8.79. The number of hydrogen-bond donors (Lipinski definition) is 7. The summed E-state index contributed by atoms with van der Waals surface area (Å²) in [6.07, 6.45) is -2.32. The number of thiol groups is 3. The van der Waals surface area contributed by atoms with E-state index in [0.29, 0.717) is 0 Å².